The number of hydrogen-bond donors (Lipinski definition) is 3. The minimum Gasteiger partial charge on any atom is -0.492 e. The van der Waals surface area contributed by atoms with Gasteiger partial charge in [0.2, 0.25) is 11.7 Å². The summed E-state index contributed by atoms with van der Waals surface area (Å²) in [7, 11) is 0. The van der Waals surface area contributed by atoms with Gasteiger partial charge in [0.15, 0.2) is 0 Å². The lowest BCUT2D eigenvalue weighted by molar-refractivity contribution is -0.223. The number of rotatable bonds is 20. The summed E-state index contributed by atoms with van der Waals surface area (Å²) in [6, 6.07) is 14.1. The van der Waals surface area contributed by atoms with E-state index in [9.17, 15) is 15.0 Å². The third kappa shape index (κ3) is 8.88. The number of unbranched alkanes of at least 4 members (excludes halogenated alkanes) is 2. The van der Waals surface area contributed by atoms with E-state index in [2.05, 4.69) is 35.0 Å². The van der Waals surface area contributed by atoms with E-state index < -0.39 is 5.79 Å². The number of allylic oxidation sites excluding steroid dienone is 1. The van der Waals surface area contributed by atoms with Crippen LogP contribution in [0.2, 0.25) is 0 Å². The molecule has 1 amide bonds. The Labute approximate surface area is 312 Å². The van der Waals surface area contributed by atoms with Crippen molar-refractivity contribution in [2.24, 2.45) is 22.9 Å². The lowest BCUT2D eigenvalue weighted by Crippen LogP contribution is -2.64. The number of amides is 1. The standard InChI is InChI=1S/C41H55N3O7S/c1-4-23-49-41-38(52-32-15-12-30(13-16-32)42-28(3)47)27-36(43-50-5-2)34-25-29(10-6-8-21-45)33(11-7-9-22-46)39(40(34)41)35-26-31(14-17-37(35)51-41)48-24-20-44-18-19-44/h4,12-17,25-26,29,33,38-40,45-46H,1,5-11,18-24,27H2,2-3H3,(H,42,47). The molecule has 10 nitrogen and oxygen atoms in total. The maximum Gasteiger partial charge on any atom is 0.231 e. The molecule has 0 spiro atoms. The van der Waals surface area contributed by atoms with Crippen molar-refractivity contribution in [1.82, 2.24) is 4.90 Å². The maximum atomic E-state index is 11.7. The van der Waals surface area contributed by atoms with Gasteiger partial charge in [0.25, 0.3) is 0 Å². The van der Waals surface area contributed by atoms with E-state index >= 15 is 0 Å². The van der Waals surface area contributed by atoms with Crippen molar-refractivity contribution >= 4 is 29.1 Å². The Hall–Kier alpha value is -3.35. The number of aliphatic hydroxyl groups is 2. The largest absolute Gasteiger partial charge is 0.492 e. The average molecular weight is 734 g/mol. The summed E-state index contributed by atoms with van der Waals surface area (Å²) < 4.78 is 20.6. The molecule has 6 unspecified atom stereocenters. The number of carbonyl (C=O) groups excluding carboxylic acids is 1. The van der Waals surface area contributed by atoms with Gasteiger partial charge in [0, 0.05) is 68.3 Å². The Morgan fingerprint density at radius 1 is 1.12 bits per heavy atom. The summed E-state index contributed by atoms with van der Waals surface area (Å²) in [5.74, 6) is 0.652. The van der Waals surface area contributed by atoms with Crippen molar-refractivity contribution in [2.45, 2.75) is 80.6 Å². The van der Waals surface area contributed by atoms with Gasteiger partial charge >= 0.3 is 0 Å². The number of fused-ring (bicyclic) bond motifs is 2. The highest BCUT2D eigenvalue weighted by atomic mass is 32.2. The molecule has 1 saturated heterocycles. The van der Waals surface area contributed by atoms with Crippen LogP contribution in [0.25, 0.3) is 0 Å². The summed E-state index contributed by atoms with van der Waals surface area (Å²) in [6.45, 7) is 12.3. The first-order chi connectivity index (χ1) is 25.4. The number of anilines is 1. The Balaban J connectivity index is 1.49. The molecule has 2 aliphatic carbocycles. The molecule has 282 valence electrons. The second kappa shape index (κ2) is 18.1. The van der Waals surface area contributed by atoms with E-state index in [1.807, 2.05) is 37.3 Å². The van der Waals surface area contributed by atoms with Gasteiger partial charge in [0.1, 0.15) is 24.7 Å². The number of oxime groups is 1. The highest BCUT2D eigenvalue weighted by molar-refractivity contribution is 8.00. The molecule has 0 aromatic heterocycles. The average Bonchev–Trinajstić information content (AvgIpc) is 3.97. The maximum absolute atomic E-state index is 11.7. The van der Waals surface area contributed by atoms with Crippen LogP contribution in [0, 0.1) is 17.8 Å². The number of thioether (sulfide) groups is 1. The second-order valence-corrected chi connectivity index (χ2v) is 15.5. The predicted octanol–water partition coefficient (Wildman–Crippen LogP) is 6.79. The Morgan fingerprint density at radius 3 is 2.58 bits per heavy atom. The Kier molecular flexibility index (Phi) is 13.4. The fourth-order valence-electron chi connectivity index (χ4n) is 8.23. The van der Waals surface area contributed by atoms with Gasteiger partial charge in [-0.3, -0.25) is 9.69 Å². The van der Waals surface area contributed by atoms with Crippen molar-refractivity contribution < 1.29 is 34.1 Å². The van der Waals surface area contributed by atoms with Crippen molar-refractivity contribution in [2.75, 3.05) is 58.0 Å². The summed E-state index contributed by atoms with van der Waals surface area (Å²) in [5.41, 5.74) is 3.86. The highest BCUT2D eigenvalue weighted by Gasteiger charge is 2.64. The monoisotopic (exact) mass is 733 g/mol. The molecule has 3 N–H and O–H groups in total. The second-order valence-electron chi connectivity index (χ2n) is 14.2. The Bertz CT molecular complexity index is 1580. The zero-order valence-electron chi connectivity index (χ0n) is 30.6. The van der Waals surface area contributed by atoms with Gasteiger partial charge in [0.05, 0.1) is 23.5 Å². The molecule has 2 fully saturated rings. The third-order valence-electron chi connectivity index (χ3n) is 10.6. The number of hydrogen-bond acceptors (Lipinski definition) is 10. The summed E-state index contributed by atoms with van der Waals surface area (Å²) in [5, 5.41) is 27.0. The van der Waals surface area contributed by atoms with Crippen LogP contribution < -0.4 is 14.8 Å². The molecule has 6 atom stereocenters. The van der Waals surface area contributed by atoms with Crippen molar-refractivity contribution in [1.29, 1.82) is 0 Å². The first kappa shape index (κ1) is 38.4. The quantitative estimate of drug-likeness (QED) is 0.0585. The molecule has 2 aliphatic heterocycles. The van der Waals surface area contributed by atoms with E-state index in [0.717, 1.165) is 97.1 Å². The molecule has 11 heteroatoms. The normalized spacial score (nSPS) is 26.8. The molecule has 0 bridgehead atoms. The first-order valence-electron chi connectivity index (χ1n) is 19.0. The molecular weight excluding hydrogens is 679 g/mol. The van der Waals surface area contributed by atoms with Crippen LogP contribution in [-0.4, -0.2) is 90.4 Å². The van der Waals surface area contributed by atoms with Crippen LogP contribution in [0.5, 0.6) is 11.5 Å². The molecule has 0 radical (unpaired) electrons. The molecule has 2 aromatic carbocycles. The van der Waals surface area contributed by atoms with E-state index in [-0.39, 0.29) is 48.0 Å². The Morgan fingerprint density at radius 2 is 1.88 bits per heavy atom. The molecule has 6 rings (SSSR count). The smallest absolute Gasteiger partial charge is 0.231 e. The highest BCUT2D eigenvalue weighted by Crippen LogP contribution is 2.63. The topological polar surface area (TPSA) is 122 Å². The van der Waals surface area contributed by atoms with E-state index in [1.165, 1.54) is 6.92 Å². The molecule has 2 aromatic rings. The number of aliphatic hydroxyl groups excluding tert-OH is 2. The zero-order chi connectivity index (χ0) is 36.5. The number of ether oxygens (including phenoxy) is 3. The lowest BCUT2D eigenvalue weighted by atomic mass is 9.56. The molecule has 2 heterocycles. The van der Waals surface area contributed by atoms with Crippen LogP contribution in [0.4, 0.5) is 5.69 Å². The minimum atomic E-state index is -1.07. The van der Waals surface area contributed by atoms with Crippen LogP contribution >= 0.6 is 11.8 Å². The SMILES string of the molecule is C=CCOC12Oc3ccc(OCCN4CC4)cc3C3C(CCCCO)C(CCCCO)C=C(C(=NOCC)CC1Sc1ccc(NC(C)=O)cc1)C32. The number of nitrogens with zero attached hydrogens (tertiary/aromatic N) is 2. The fourth-order valence-corrected chi connectivity index (χ4v) is 9.52. The van der Waals surface area contributed by atoms with E-state index in [0.29, 0.717) is 26.2 Å². The summed E-state index contributed by atoms with van der Waals surface area (Å²) in [4.78, 5) is 20.9. The number of benzene rings is 2. The van der Waals surface area contributed by atoms with Crippen molar-refractivity contribution in [3.05, 3.63) is 72.3 Å². The van der Waals surface area contributed by atoms with Gasteiger partial charge in [-0.15, -0.1) is 18.3 Å². The van der Waals surface area contributed by atoms with Gasteiger partial charge in [-0.25, -0.2) is 0 Å². The third-order valence-corrected chi connectivity index (χ3v) is 11.9. The van der Waals surface area contributed by atoms with Crippen LogP contribution in [0.15, 0.2) is 76.8 Å². The lowest BCUT2D eigenvalue weighted by Gasteiger charge is -2.58. The minimum absolute atomic E-state index is 0.000476. The van der Waals surface area contributed by atoms with Crippen LogP contribution in [-0.2, 0) is 14.4 Å². The van der Waals surface area contributed by atoms with E-state index in [1.54, 1.807) is 17.8 Å². The van der Waals surface area contributed by atoms with Gasteiger partial charge in [-0.2, -0.15) is 0 Å². The summed E-state index contributed by atoms with van der Waals surface area (Å²) in [6.07, 6.45) is 9.88. The summed E-state index contributed by atoms with van der Waals surface area (Å²) >= 11 is 1.69. The van der Waals surface area contributed by atoms with Gasteiger partial charge < -0.3 is 34.6 Å². The molecular formula is C41H55N3O7S. The molecule has 52 heavy (non-hydrogen) atoms. The van der Waals surface area contributed by atoms with E-state index in [4.69, 9.17) is 24.2 Å². The molecule has 4 aliphatic rings. The van der Waals surface area contributed by atoms with Crippen LogP contribution in [0.1, 0.15) is 70.3 Å². The number of nitrogens with one attached hydrogen (secondary N) is 1. The van der Waals surface area contributed by atoms with Crippen molar-refractivity contribution in [3.63, 3.8) is 0 Å². The van der Waals surface area contributed by atoms with Gasteiger partial charge in [-0.05, 0) is 92.5 Å². The zero-order valence-corrected chi connectivity index (χ0v) is 31.5. The predicted molar refractivity (Wildman–Crippen MR) is 205 cm³/mol. The first-order valence-corrected chi connectivity index (χ1v) is 19.9. The van der Waals surface area contributed by atoms with Crippen molar-refractivity contribution in [3.8, 4) is 11.5 Å². The van der Waals surface area contributed by atoms with Gasteiger partial charge in [-0.1, -0.05) is 30.1 Å². The van der Waals surface area contributed by atoms with Crippen LogP contribution in [0.3, 0.4) is 0 Å². The fraction of sp³-hybridized carbons (Fsp3) is 0.561. The molecule has 1 saturated carbocycles. The number of carbonyl (C=O) groups is 1.